The predicted octanol–water partition coefficient (Wildman–Crippen LogP) is 2.43. The average molecular weight is 281 g/mol. The van der Waals surface area contributed by atoms with Gasteiger partial charge in [-0.1, -0.05) is 13.3 Å². The molecule has 0 amide bonds. The highest BCUT2D eigenvalue weighted by atomic mass is 15.1. The number of nitrogens with zero attached hydrogens (tertiary/aromatic N) is 2. The second-order valence-electron chi connectivity index (χ2n) is 7.26. The Morgan fingerprint density at radius 1 is 1.10 bits per heavy atom. The summed E-state index contributed by atoms with van der Waals surface area (Å²) in [6.45, 7) is 8.75. The van der Waals surface area contributed by atoms with E-state index < -0.39 is 0 Å². The van der Waals surface area contributed by atoms with Crippen LogP contribution in [0.15, 0.2) is 0 Å². The second-order valence-corrected chi connectivity index (χ2v) is 7.26. The highest BCUT2D eigenvalue weighted by molar-refractivity contribution is 4.86. The van der Waals surface area contributed by atoms with Crippen molar-refractivity contribution in [3.8, 4) is 0 Å². The monoisotopic (exact) mass is 281 g/mol. The van der Waals surface area contributed by atoms with E-state index in [-0.39, 0.29) is 0 Å². The van der Waals surface area contributed by atoms with Crippen LogP contribution in [-0.2, 0) is 0 Å². The van der Waals surface area contributed by atoms with Crippen molar-refractivity contribution in [2.24, 2.45) is 11.8 Å². The van der Waals surface area contributed by atoms with E-state index in [1.807, 2.05) is 0 Å². The van der Waals surface area contributed by atoms with Crippen LogP contribution >= 0.6 is 0 Å². The number of piperidine rings is 1. The summed E-state index contributed by atoms with van der Waals surface area (Å²) in [5.74, 6) is 1.84. The summed E-state index contributed by atoms with van der Waals surface area (Å²) in [6, 6.07) is 0.800. The molecule has 1 saturated heterocycles. The Bertz CT molecular complexity index is 259. The molecule has 1 saturated carbocycles. The van der Waals surface area contributed by atoms with Crippen molar-refractivity contribution in [1.29, 1.82) is 0 Å². The Hall–Kier alpha value is -0.120. The van der Waals surface area contributed by atoms with E-state index in [0.29, 0.717) is 0 Å². The van der Waals surface area contributed by atoms with E-state index >= 15 is 0 Å². The number of nitrogens with one attached hydrogen (secondary N) is 1. The van der Waals surface area contributed by atoms with Gasteiger partial charge in [0.05, 0.1) is 0 Å². The Morgan fingerprint density at radius 3 is 2.50 bits per heavy atom. The molecule has 0 aromatic rings. The highest BCUT2D eigenvalue weighted by Crippen LogP contribution is 2.28. The molecule has 3 heteroatoms. The van der Waals surface area contributed by atoms with Gasteiger partial charge in [0.15, 0.2) is 0 Å². The van der Waals surface area contributed by atoms with E-state index in [2.05, 4.69) is 36.1 Å². The molecule has 2 atom stereocenters. The van der Waals surface area contributed by atoms with E-state index in [1.54, 1.807) is 0 Å². The molecule has 118 valence electrons. The lowest BCUT2D eigenvalue weighted by molar-refractivity contribution is 0.138. The summed E-state index contributed by atoms with van der Waals surface area (Å²) >= 11 is 0. The quantitative estimate of drug-likeness (QED) is 0.773. The van der Waals surface area contributed by atoms with Gasteiger partial charge in [0.1, 0.15) is 0 Å². The zero-order valence-corrected chi connectivity index (χ0v) is 13.9. The van der Waals surface area contributed by atoms with E-state index in [4.69, 9.17) is 0 Å². The third-order valence-electron chi connectivity index (χ3n) is 5.14. The highest BCUT2D eigenvalue weighted by Gasteiger charge is 2.29. The average Bonchev–Trinajstić information content (AvgIpc) is 2.85. The Labute approximate surface area is 126 Å². The van der Waals surface area contributed by atoms with Gasteiger partial charge in [0.2, 0.25) is 0 Å². The van der Waals surface area contributed by atoms with Crippen LogP contribution in [0.4, 0.5) is 0 Å². The molecule has 0 spiro atoms. The maximum atomic E-state index is 3.77. The molecule has 1 aliphatic heterocycles. The molecule has 0 aromatic heterocycles. The second kappa shape index (κ2) is 8.35. The van der Waals surface area contributed by atoms with E-state index in [9.17, 15) is 0 Å². The fourth-order valence-electron chi connectivity index (χ4n) is 4.05. The molecular weight excluding hydrogens is 246 g/mol. The van der Waals surface area contributed by atoms with Gasteiger partial charge in [-0.15, -0.1) is 0 Å². The standard InChI is InChI=1S/C17H35N3/c1-4-10-18-17-7-5-6-16(17)14-20-11-8-15(9-12-20)13-19(2)3/h15-18H,4-14H2,1-3H3. The molecule has 2 fully saturated rings. The molecule has 20 heavy (non-hydrogen) atoms. The fraction of sp³-hybridized carbons (Fsp3) is 1.00. The zero-order chi connectivity index (χ0) is 14.4. The first-order chi connectivity index (χ1) is 9.69. The summed E-state index contributed by atoms with van der Waals surface area (Å²) in [7, 11) is 4.41. The largest absolute Gasteiger partial charge is 0.314 e. The maximum Gasteiger partial charge on any atom is 0.0107 e. The maximum absolute atomic E-state index is 3.77. The van der Waals surface area contributed by atoms with Crippen LogP contribution in [0.25, 0.3) is 0 Å². The van der Waals surface area contributed by atoms with Crippen molar-refractivity contribution >= 4 is 0 Å². The lowest BCUT2D eigenvalue weighted by Gasteiger charge is -2.35. The minimum atomic E-state index is 0.800. The molecule has 2 unspecified atom stereocenters. The summed E-state index contributed by atoms with van der Waals surface area (Å²) in [6.07, 6.45) is 8.35. The minimum absolute atomic E-state index is 0.800. The smallest absolute Gasteiger partial charge is 0.0107 e. The summed E-state index contributed by atoms with van der Waals surface area (Å²) in [5, 5.41) is 3.77. The van der Waals surface area contributed by atoms with Crippen LogP contribution in [0.2, 0.25) is 0 Å². The SMILES string of the molecule is CCCNC1CCCC1CN1CCC(CN(C)C)CC1. The first-order valence-corrected chi connectivity index (χ1v) is 8.79. The third kappa shape index (κ3) is 5.01. The molecule has 1 aliphatic carbocycles. The predicted molar refractivity (Wildman–Crippen MR) is 87.1 cm³/mol. The lowest BCUT2D eigenvalue weighted by atomic mass is 9.94. The van der Waals surface area contributed by atoms with E-state index in [0.717, 1.165) is 17.9 Å². The van der Waals surface area contributed by atoms with Crippen LogP contribution in [-0.4, -0.2) is 62.7 Å². The zero-order valence-electron chi connectivity index (χ0n) is 13.9. The Morgan fingerprint density at radius 2 is 1.85 bits per heavy atom. The van der Waals surface area contributed by atoms with Gasteiger partial charge in [0.25, 0.3) is 0 Å². The van der Waals surface area contributed by atoms with Gasteiger partial charge >= 0.3 is 0 Å². The molecule has 0 aromatic carbocycles. The number of hydrogen-bond donors (Lipinski definition) is 1. The first kappa shape index (κ1) is 16.3. The van der Waals surface area contributed by atoms with Gasteiger partial charge in [-0.2, -0.15) is 0 Å². The number of likely N-dealkylation sites (tertiary alicyclic amines) is 1. The van der Waals surface area contributed by atoms with Gasteiger partial charge < -0.3 is 15.1 Å². The van der Waals surface area contributed by atoms with E-state index in [1.165, 1.54) is 71.2 Å². The normalized spacial score (nSPS) is 29.4. The number of rotatable bonds is 7. The molecule has 0 radical (unpaired) electrons. The topological polar surface area (TPSA) is 18.5 Å². The van der Waals surface area contributed by atoms with Crippen molar-refractivity contribution in [2.45, 2.75) is 51.5 Å². The fourth-order valence-corrected chi connectivity index (χ4v) is 4.05. The van der Waals surface area contributed by atoms with Gasteiger partial charge in [-0.05, 0) is 77.7 Å². The third-order valence-corrected chi connectivity index (χ3v) is 5.14. The summed E-state index contributed by atoms with van der Waals surface area (Å²) < 4.78 is 0. The molecule has 1 heterocycles. The van der Waals surface area contributed by atoms with Crippen LogP contribution < -0.4 is 5.32 Å². The molecule has 3 nitrogen and oxygen atoms in total. The van der Waals surface area contributed by atoms with Crippen molar-refractivity contribution in [3.05, 3.63) is 0 Å². The van der Waals surface area contributed by atoms with Gasteiger partial charge in [-0.25, -0.2) is 0 Å². The summed E-state index contributed by atoms with van der Waals surface area (Å²) in [4.78, 5) is 5.09. The van der Waals surface area contributed by atoms with Crippen molar-refractivity contribution < 1.29 is 0 Å². The minimum Gasteiger partial charge on any atom is -0.314 e. The van der Waals surface area contributed by atoms with Crippen LogP contribution in [0.1, 0.15) is 45.4 Å². The molecule has 0 bridgehead atoms. The van der Waals surface area contributed by atoms with Crippen LogP contribution in [0.5, 0.6) is 0 Å². The van der Waals surface area contributed by atoms with Crippen molar-refractivity contribution in [2.75, 3.05) is 46.8 Å². The van der Waals surface area contributed by atoms with Crippen LogP contribution in [0, 0.1) is 11.8 Å². The van der Waals surface area contributed by atoms with Gasteiger partial charge in [0, 0.05) is 19.1 Å². The van der Waals surface area contributed by atoms with Crippen molar-refractivity contribution in [3.63, 3.8) is 0 Å². The lowest BCUT2D eigenvalue weighted by Crippen LogP contribution is -2.43. The van der Waals surface area contributed by atoms with Crippen LogP contribution in [0.3, 0.4) is 0 Å². The molecule has 2 aliphatic rings. The Kier molecular flexibility index (Phi) is 6.79. The summed E-state index contributed by atoms with van der Waals surface area (Å²) in [5.41, 5.74) is 0. The molecular formula is C17H35N3. The van der Waals surface area contributed by atoms with Gasteiger partial charge in [-0.3, -0.25) is 0 Å². The first-order valence-electron chi connectivity index (χ1n) is 8.79. The number of hydrogen-bond acceptors (Lipinski definition) is 3. The molecule has 1 N–H and O–H groups in total. The molecule has 2 rings (SSSR count). The van der Waals surface area contributed by atoms with Crippen molar-refractivity contribution in [1.82, 2.24) is 15.1 Å². The Balaban J connectivity index is 1.69.